The highest BCUT2D eigenvalue weighted by atomic mass is 35.5. The van der Waals surface area contributed by atoms with Gasteiger partial charge in [0.05, 0.1) is 5.02 Å². The summed E-state index contributed by atoms with van der Waals surface area (Å²) in [4.78, 5) is 24.1. The summed E-state index contributed by atoms with van der Waals surface area (Å²) < 4.78 is 36.8. The molecule has 0 saturated heterocycles. The number of hydrogen-bond acceptors (Lipinski definition) is 5. The van der Waals surface area contributed by atoms with Gasteiger partial charge in [-0.25, -0.2) is 18.3 Å². The van der Waals surface area contributed by atoms with Gasteiger partial charge in [0, 0.05) is 25.1 Å². The van der Waals surface area contributed by atoms with Crippen molar-refractivity contribution in [3.05, 3.63) is 57.7 Å². The van der Waals surface area contributed by atoms with Crippen LogP contribution in [0.15, 0.2) is 41.3 Å². The molecule has 0 radical (unpaired) electrons. The highest BCUT2D eigenvalue weighted by molar-refractivity contribution is 7.92. The lowest BCUT2D eigenvalue weighted by atomic mass is 10.1. The summed E-state index contributed by atoms with van der Waals surface area (Å²) in [6.07, 6.45) is 2.07. The van der Waals surface area contributed by atoms with E-state index in [1.807, 2.05) is 0 Å². The van der Waals surface area contributed by atoms with Gasteiger partial charge in [-0.05, 0) is 42.7 Å². The number of rotatable bonds is 6. The van der Waals surface area contributed by atoms with Crippen molar-refractivity contribution >= 4 is 27.3 Å². The first kappa shape index (κ1) is 21.1. The zero-order chi connectivity index (χ0) is 20.4. The van der Waals surface area contributed by atoms with Crippen LogP contribution in [-0.4, -0.2) is 35.1 Å². The Morgan fingerprint density at radius 2 is 1.93 bits per heavy atom. The molecule has 0 aliphatic rings. The van der Waals surface area contributed by atoms with Crippen LogP contribution < -0.4 is 11.0 Å². The van der Waals surface area contributed by atoms with E-state index >= 15 is 0 Å². The SMILES string of the molecule is C[C@@](CCn1ccc(-c2ccc(Cl)c(F)c2)cc1=O)(C(=O)NO)S(C)(=O)=O. The average molecular weight is 417 g/mol. The van der Waals surface area contributed by atoms with E-state index in [-0.39, 0.29) is 18.0 Å². The van der Waals surface area contributed by atoms with E-state index in [9.17, 15) is 22.4 Å². The molecule has 0 aliphatic carbocycles. The number of nitrogens with zero attached hydrogens (tertiary/aromatic N) is 1. The fourth-order valence-electron chi connectivity index (χ4n) is 2.47. The molecule has 0 spiro atoms. The van der Waals surface area contributed by atoms with Gasteiger partial charge in [-0.3, -0.25) is 14.8 Å². The van der Waals surface area contributed by atoms with Crippen LogP contribution in [0, 0.1) is 5.82 Å². The Balaban J connectivity index is 2.29. The molecular weight excluding hydrogens is 399 g/mol. The predicted octanol–water partition coefficient (Wildman–Crippen LogP) is 2.01. The summed E-state index contributed by atoms with van der Waals surface area (Å²) in [5.41, 5.74) is 1.82. The molecule has 1 amide bonds. The predicted molar refractivity (Wildman–Crippen MR) is 98.9 cm³/mol. The number of hydroxylamine groups is 1. The van der Waals surface area contributed by atoms with E-state index < -0.39 is 31.9 Å². The number of benzene rings is 1. The Morgan fingerprint density at radius 1 is 1.30 bits per heavy atom. The van der Waals surface area contributed by atoms with Crippen molar-refractivity contribution in [3.63, 3.8) is 0 Å². The molecule has 1 aromatic carbocycles. The van der Waals surface area contributed by atoms with Crippen LogP contribution in [-0.2, 0) is 21.2 Å². The fraction of sp³-hybridized carbons (Fsp3) is 0.294. The van der Waals surface area contributed by atoms with E-state index in [2.05, 4.69) is 0 Å². The summed E-state index contributed by atoms with van der Waals surface area (Å²) in [5.74, 6) is -1.69. The average Bonchev–Trinajstić information content (AvgIpc) is 2.60. The number of nitrogens with one attached hydrogen (secondary N) is 1. The molecule has 27 heavy (non-hydrogen) atoms. The number of carbonyl (C=O) groups is 1. The molecule has 2 N–H and O–H groups in total. The molecule has 2 aromatic rings. The molecule has 0 aliphatic heterocycles. The maximum absolute atomic E-state index is 13.6. The van der Waals surface area contributed by atoms with Crippen molar-refractivity contribution in [1.82, 2.24) is 10.0 Å². The van der Waals surface area contributed by atoms with Crippen LogP contribution in [0.1, 0.15) is 13.3 Å². The summed E-state index contributed by atoms with van der Waals surface area (Å²) in [6, 6.07) is 6.98. The second-order valence-corrected chi connectivity index (χ2v) is 9.12. The molecule has 146 valence electrons. The number of halogens is 2. The van der Waals surface area contributed by atoms with Crippen molar-refractivity contribution < 1.29 is 22.8 Å². The molecule has 2 rings (SSSR count). The minimum atomic E-state index is -3.86. The summed E-state index contributed by atoms with van der Waals surface area (Å²) >= 11 is 5.64. The van der Waals surface area contributed by atoms with Crippen LogP contribution in [0.4, 0.5) is 4.39 Å². The molecule has 0 unspecified atom stereocenters. The number of carbonyl (C=O) groups excluding carboxylic acids is 1. The van der Waals surface area contributed by atoms with Crippen molar-refractivity contribution in [3.8, 4) is 11.1 Å². The first-order valence-corrected chi connectivity index (χ1v) is 10.1. The molecular formula is C17H18ClFN2O5S. The molecule has 1 atom stereocenters. The zero-order valence-corrected chi connectivity index (χ0v) is 16.1. The first-order valence-electron chi connectivity index (χ1n) is 7.79. The number of sulfone groups is 1. The normalized spacial score (nSPS) is 13.8. The summed E-state index contributed by atoms with van der Waals surface area (Å²) in [6.45, 7) is 1.09. The van der Waals surface area contributed by atoms with Crippen molar-refractivity contribution in [1.29, 1.82) is 0 Å². The van der Waals surface area contributed by atoms with Crippen LogP contribution in [0.25, 0.3) is 11.1 Å². The minimum absolute atomic E-state index is 0.0330. The number of amides is 1. The molecule has 1 heterocycles. The second-order valence-electron chi connectivity index (χ2n) is 6.27. The lowest BCUT2D eigenvalue weighted by Gasteiger charge is -2.25. The second kappa shape index (κ2) is 7.79. The van der Waals surface area contributed by atoms with E-state index in [1.165, 1.54) is 41.4 Å². The maximum atomic E-state index is 13.6. The molecule has 1 aromatic heterocycles. The Bertz CT molecular complexity index is 1040. The third-order valence-electron chi connectivity index (χ3n) is 4.48. The molecule has 10 heteroatoms. The van der Waals surface area contributed by atoms with E-state index in [1.54, 1.807) is 12.1 Å². The van der Waals surface area contributed by atoms with Gasteiger partial charge in [0.15, 0.2) is 14.6 Å². The van der Waals surface area contributed by atoms with Gasteiger partial charge in [-0.2, -0.15) is 0 Å². The lowest BCUT2D eigenvalue weighted by molar-refractivity contribution is -0.131. The number of aryl methyl sites for hydroxylation is 1. The Morgan fingerprint density at radius 3 is 2.44 bits per heavy atom. The van der Waals surface area contributed by atoms with Crippen LogP contribution in [0.3, 0.4) is 0 Å². The minimum Gasteiger partial charge on any atom is -0.315 e. The topological polar surface area (TPSA) is 105 Å². The molecule has 0 bridgehead atoms. The van der Waals surface area contributed by atoms with Crippen LogP contribution in [0.5, 0.6) is 0 Å². The quantitative estimate of drug-likeness (QED) is 0.553. The fourth-order valence-corrected chi connectivity index (χ4v) is 3.43. The lowest BCUT2D eigenvalue weighted by Crippen LogP contribution is -2.49. The standard InChI is InChI=1S/C17H18ClFN2O5S/c1-17(16(23)20-24,27(2,25)26)6-8-21-7-5-12(10-15(21)22)11-3-4-13(18)14(19)9-11/h3-5,7,9-10,24H,6,8H2,1-2H3,(H,20,23)/t17-/m1/s1. The number of pyridine rings is 1. The van der Waals surface area contributed by atoms with Gasteiger partial charge in [0.1, 0.15) is 5.82 Å². The number of aromatic nitrogens is 1. The summed E-state index contributed by atoms with van der Waals surface area (Å²) in [7, 11) is -3.86. The van der Waals surface area contributed by atoms with Gasteiger partial charge in [-0.1, -0.05) is 17.7 Å². The van der Waals surface area contributed by atoms with Crippen LogP contribution >= 0.6 is 11.6 Å². The monoisotopic (exact) mass is 416 g/mol. The zero-order valence-electron chi connectivity index (χ0n) is 14.6. The van der Waals surface area contributed by atoms with Crippen molar-refractivity contribution in [2.45, 2.75) is 24.6 Å². The summed E-state index contributed by atoms with van der Waals surface area (Å²) in [5, 5.41) is 8.78. The maximum Gasteiger partial charge on any atom is 0.264 e. The van der Waals surface area contributed by atoms with Gasteiger partial charge < -0.3 is 4.57 Å². The third kappa shape index (κ3) is 4.37. The molecule has 7 nitrogen and oxygen atoms in total. The van der Waals surface area contributed by atoms with Gasteiger partial charge in [0.25, 0.3) is 11.5 Å². The van der Waals surface area contributed by atoms with Gasteiger partial charge >= 0.3 is 0 Å². The number of hydrogen-bond donors (Lipinski definition) is 2. The van der Waals surface area contributed by atoms with Crippen molar-refractivity contribution in [2.24, 2.45) is 0 Å². The van der Waals surface area contributed by atoms with Gasteiger partial charge in [-0.15, -0.1) is 0 Å². The third-order valence-corrected chi connectivity index (χ3v) is 6.81. The Labute approximate surface area is 160 Å². The van der Waals surface area contributed by atoms with Crippen molar-refractivity contribution in [2.75, 3.05) is 6.26 Å². The Kier molecular flexibility index (Phi) is 6.08. The smallest absolute Gasteiger partial charge is 0.264 e. The molecule has 0 saturated carbocycles. The Hall–Kier alpha value is -2.23. The largest absolute Gasteiger partial charge is 0.315 e. The van der Waals surface area contributed by atoms with E-state index in [0.717, 1.165) is 6.26 Å². The van der Waals surface area contributed by atoms with E-state index in [0.29, 0.717) is 11.1 Å². The highest BCUT2D eigenvalue weighted by Gasteiger charge is 2.43. The first-order chi connectivity index (χ1) is 12.5. The van der Waals surface area contributed by atoms with E-state index in [4.69, 9.17) is 16.8 Å². The van der Waals surface area contributed by atoms with Crippen LogP contribution in [0.2, 0.25) is 5.02 Å². The highest BCUT2D eigenvalue weighted by Crippen LogP contribution is 2.24. The van der Waals surface area contributed by atoms with Gasteiger partial charge in [0.2, 0.25) is 0 Å². The molecule has 0 fully saturated rings.